The summed E-state index contributed by atoms with van der Waals surface area (Å²) in [6.07, 6.45) is 2.31. The number of rotatable bonds is 0. The Hall–Kier alpha value is -2.28. The zero-order valence-corrected chi connectivity index (χ0v) is 10.6. The lowest BCUT2D eigenvalue weighted by atomic mass is 9.97. The van der Waals surface area contributed by atoms with Crippen LogP contribution in [0, 0.1) is 0 Å². The maximum Gasteiger partial charge on any atom is 0.0569 e. The van der Waals surface area contributed by atoms with Crippen LogP contribution in [0.25, 0.3) is 27.2 Å². The van der Waals surface area contributed by atoms with Crippen LogP contribution in [0.15, 0.2) is 54.6 Å². The Labute approximate surface area is 111 Å². The number of para-hydroxylation sites is 1. The molecule has 1 aliphatic rings. The molecule has 0 atom stereocenters. The highest BCUT2D eigenvalue weighted by atomic mass is 14.9. The predicted molar refractivity (Wildman–Crippen MR) is 79.8 cm³/mol. The number of pyridine rings is 1. The van der Waals surface area contributed by atoms with Crippen molar-refractivity contribution in [3.05, 3.63) is 65.9 Å². The van der Waals surface area contributed by atoms with Crippen LogP contribution in [0.3, 0.4) is 0 Å². The van der Waals surface area contributed by atoms with Crippen LogP contribution in [-0.4, -0.2) is 4.40 Å². The highest BCUT2D eigenvalue weighted by Gasteiger charge is 2.17. The van der Waals surface area contributed by atoms with Crippen molar-refractivity contribution >= 4 is 27.2 Å². The van der Waals surface area contributed by atoms with Crippen molar-refractivity contribution in [3.8, 4) is 0 Å². The van der Waals surface area contributed by atoms with E-state index < -0.39 is 0 Å². The SMILES string of the molecule is c1ccc2c(c1)c1cccc3c1n1c(ccc21)CC3. The summed E-state index contributed by atoms with van der Waals surface area (Å²) in [6.45, 7) is 0. The molecule has 0 saturated carbocycles. The van der Waals surface area contributed by atoms with E-state index in [0.717, 1.165) is 12.8 Å². The van der Waals surface area contributed by atoms with Gasteiger partial charge in [0.25, 0.3) is 0 Å². The summed E-state index contributed by atoms with van der Waals surface area (Å²) < 4.78 is 2.47. The van der Waals surface area contributed by atoms with Crippen LogP contribution in [0.1, 0.15) is 11.3 Å². The summed E-state index contributed by atoms with van der Waals surface area (Å²) in [7, 11) is 0. The molecule has 0 spiro atoms. The summed E-state index contributed by atoms with van der Waals surface area (Å²) >= 11 is 0. The highest BCUT2D eigenvalue weighted by molar-refractivity contribution is 6.13. The minimum atomic E-state index is 1.15. The lowest BCUT2D eigenvalue weighted by molar-refractivity contribution is 0.877. The van der Waals surface area contributed by atoms with Gasteiger partial charge in [0.05, 0.1) is 11.0 Å². The third kappa shape index (κ3) is 1.06. The fourth-order valence-corrected chi connectivity index (χ4v) is 3.63. The largest absolute Gasteiger partial charge is 0.313 e. The van der Waals surface area contributed by atoms with Gasteiger partial charge in [0.1, 0.15) is 0 Å². The van der Waals surface area contributed by atoms with E-state index in [-0.39, 0.29) is 0 Å². The topological polar surface area (TPSA) is 4.41 Å². The molecule has 4 aromatic rings. The molecule has 0 saturated heterocycles. The molecule has 0 fully saturated rings. The second-order valence-corrected chi connectivity index (χ2v) is 5.40. The fourth-order valence-electron chi connectivity index (χ4n) is 3.63. The Kier molecular flexibility index (Phi) is 1.61. The lowest BCUT2D eigenvalue weighted by Crippen LogP contribution is -2.06. The maximum atomic E-state index is 2.47. The average molecular weight is 243 g/mol. The third-order valence-corrected chi connectivity index (χ3v) is 4.45. The molecule has 5 rings (SSSR count). The molecule has 0 unspecified atom stereocenters. The van der Waals surface area contributed by atoms with E-state index in [2.05, 4.69) is 59.0 Å². The van der Waals surface area contributed by atoms with Gasteiger partial charge in [-0.2, -0.15) is 0 Å². The van der Waals surface area contributed by atoms with Crippen molar-refractivity contribution in [1.82, 2.24) is 4.40 Å². The van der Waals surface area contributed by atoms with Gasteiger partial charge in [-0.3, -0.25) is 0 Å². The van der Waals surface area contributed by atoms with Gasteiger partial charge in [-0.15, -0.1) is 0 Å². The molecule has 2 aromatic heterocycles. The zero-order chi connectivity index (χ0) is 12.4. The molecule has 0 bridgehead atoms. The number of hydrogen-bond donors (Lipinski definition) is 0. The monoisotopic (exact) mass is 243 g/mol. The molecule has 3 heterocycles. The van der Waals surface area contributed by atoms with Crippen molar-refractivity contribution < 1.29 is 0 Å². The van der Waals surface area contributed by atoms with Crippen LogP contribution in [0.2, 0.25) is 0 Å². The maximum absolute atomic E-state index is 2.47. The Morgan fingerprint density at radius 2 is 1.53 bits per heavy atom. The molecule has 1 heteroatoms. The Morgan fingerprint density at radius 1 is 0.684 bits per heavy atom. The second-order valence-electron chi connectivity index (χ2n) is 5.40. The molecule has 2 aromatic carbocycles. The van der Waals surface area contributed by atoms with Crippen LogP contribution in [0.4, 0.5) is 0 Å². The minimum absolute atomic E-state index is 1.15. The molecule has 1 nitrogen and oxygen atoms in total. The van der Waals surface area contributed by atoms with E-state index in [9.17, 15) is 0 Å². The van der Waals surface area contributed by atoms with Crippen LogP contribution in [0.5, 0.6) is 0 Å². The normalized spacial score (nSPS) is 13.9. The summed E-state index contributed by atoms with van der Waals surface area (Å²) in [4.78, 5) is 0. The molecule has 0 aliphatic carbocycles. The third-order valence-electron chi connectivity index (χ3n) is 4.45. The van der Waals surface area contributed by atoms with Gasteiger partial charge in [0.15, 0.2) is 0 Å². The Morgan fingerprint density at radius 3 is 2.47 bits per heavy atom. The smallest absolute Gasteiger partial charge is 0.0569 e. The molecular weight excluding hydrogens is 230 g/mol. The van der Waals surface area contributed by atoms with Crippen molar-refractivity contribution in [2.24, 2.45) is 0 Å². The van der Waals surface area contributed by atoms with Gasteiger partial charge < -0.3 is 4.40 Å². The fraction of sp³-hybridized carbons (Fsp3) is 0.111. The minimum Gasteiger partial charge on any atom is -0.313 e. The summed E-state index contributed by atoms with van der Waals surface area (Å²) in [5.74, 6) is 0. The standard InChI is InChI=1S/C18H13N/c1-2-6-15-14(5-1)16-7-3-4-12-8-9-13-10-11-17(15)19(13)18(12)16/h1-7,10-11H,8-9H2. The van der Waals surface area contributed by atoms with Crippen LogP contribution >= 0.6 is 0 Å². The van der Waals surface area contributed by atoms with Gasteiger partial charge >= 0.3 is 0 Å². The number of hydrogen-bond acceptors (Lipinski definition) is 0. The number of benzene rings is 2. The van der Waals surface area contributed by atoms with Gasteiger partial charge in [-0.05, 0) is 35.9 Å². The second kappa shape index (κ2) is 3.18. The molecule has 0 N–H and O–H groups in total. The summed E-state index contributed by atoms with van der Waals surface area (Å²) in [5.41, 5.74) is 5.70. The van der Waals surface area contributed by atoms with E-state index in [0.29, 0.717) is 0 Å². The quantitative estimate of drug-likeness (QED) is 0.405. The number of aromatic nitrogens is 1. The summed E-state index contributed by atoms with van der Waals surface area (Å²) in [6, 6.07) is 20.1. The first kappa shape index (κ1) is 9.62. The first-order valence-electron chi connectivity index (χ1n) is 6.86. The first-order chi connectivity index (χ1) is 9.43. The van der Waals surface area contributed by atoms with Gasteiger partial charge in [0.2, 0.25) is 0 Å². The predicted octanol–water partition coefficient (Wildman–Crippen LogP) is 4.34. The van der Waals surface area contributed by atoms with Crippen LogP contribution in [-0.2, 0) is 12.8 Å². The molecule has 0 radical (unpaired) electrons. The van der Waals surface area contributed by atoms with Crippen molar-refractivity contribution in [2.45, 2.75) is 12.8 Å². The molecule has 0 amide bonds. The lowest BCUT2D eigenvalue weighted by Gasteiger charge is -2.19. The molecule has 19 heavy (non-hydrogen) atoms. The van der Waals surface area contributed by atoms with E-state index in [4.69, 9.17) is 0 Å². The van der Waals surface area contributed by atoms with Crippen molar-refractivity contribution in [1.29, 1.82) is 0 Å². The van der Waals surface area contributed by atoms with Gasteiger partial charge in [-0.25, -0.2) is 0 Å². The molecular formula is C18H13N. The van der Waals surface area contributed by atoms with Crippen LogP contribution < -0.4 is 0 Å². The van der Waals surface area contributed by atoms with Gasteiger partial charge in [-0.1, -0.05) is 42.5 Å². The number of nitrogens with zero attached hydrogens (tertiary/aromatic N) is 1. The van der Waals surface area contributed by atoms with Crippen molar-refractivity contribution in [3.63, 3.8) is 0 Å². The Balaban J connectivity index is 2.27. The average Bonchev–Trinajstić information content (AvgIpc) is 2.91. The molecule has 90 valence electrons. The number of fused-ring (bicyclic) bond motifs is 3. The first-order valence-corrected chi connectivity index (χ1v) is 6.86. The Bertz CT molecular complexity index is 960. The summed E-state index contributed by atoms with van der Waals surface area (Å²) in [5, 5.41) is 4.12. The van der Waals surface area contributed by atoms with Gasteiger partial charge in [0, 0.05) is 16.5 Å². The van der Waals surface area contributed by atoms with E-state index >= 15 is 0 Å². The zero-order valence-electron chi connectivity index (χ0n) is 10.6. The van der Waals surface area contributed by atoms with Crippen molar-refractivity contribution in [2.75, 3.05) is 0 Å². The highest BCUT2D eigenvalue weighted by Crippen LogP contribution is 2.35. The van der Waals surface area contributed by atoms with E-state index in [1.165, 1.54) is 38.4 Å². The van der Waals surface area contributed by atoms with E-state index in [1.54, 1.807) is 0 Å². The number of aryl methyl sites for hydroxylation is 2. The van der Waals surface area contributed by atoms with E-state index in [1.807, 2.05) is 0 Å². The molecule has 1 aliphatic heterocycles.